The molecular weight excluding hydrogens is 413 g/mol. The minimum Gasteiger partial charge on any atom is -0.456 e. The zero-order chi connectivity index (χ0) is 21.4. The molecule has 0 unspecified atom stereocenters. The first-order chi connectivity index (χ1) is 14.3. The molecule has 0 radical (unpaired) electrons. The van der Waals surface area contributed by atoms with E-state index in [4.69, 9.17) is 16.3 Å². The third kappa shape index (κ3) is 3.61. The van der Waals surface area contributed by atoms with Gasteiger partial charge in [0.25, 0.3) is 0 Å². The van der Waals surface area contributed by atoms with Crippen LogP contribution in [0.25, 0.3) is 0 Å². The van der Waals surface area contributed by atoms with Crippen molar-refractivity contribution in [1.82, 2.24) is 10.2 Å². The van der Waals surface area contributed by atoms with Crippen molar-refractivity contribution in [2.45, 2.75) is 13.0 Å². The lowest BCUT2D eigenvalue weighted by Gasteiger charge is -2.32. The molecular formula is C21H17ClFN3O4. The second-order valence-electron chi connectivity index (χ2n) is 6.94. The molecule has 7 nitrogen and oxygen atoms in total. The van der Waals surface area contributed by atoms with Crippen molar-refractivity contribution in [3.8, 4) is 0 Å². The van der Waals surface area contributed by atoms with Crippen LogP contribution in [0.1, 0.15) is 17.2 Å². The number of nitrogens with zero attached hydrogens (tertiary/aromatic N) is 1. The number of hydrogen-bond acceptors (Lipinski definition) is 4. The SMILES string of the molecule is Cc1ccc(NC(=O)CN2C(=O)N[C@@H](c3ccccc3Cl)C3=C2COC3=O)cc1F. The van der Waals surface area contributed by atoms with Crippen LogP contribution < -0.4 is 10.6 Å². The Labute approximate surface area is 176 Å². The lowest BCUT2D eigenvalue weighted by atomic mass is 9.95. The monoisotopic (exact) mass is 429 g/mol. The average molecular weight is 430 g/mol. The predicted molar refractivity (Wildman–Crippen MR) is 107 cm³/mol. The molecule has 2 N–H and O–H groups in total. The van der Waals surface area contributed by atoms with E-state index in [-0.39, 0.29) is 24.4 Å². The quantitative estimate of drug-likeness (QED) is 0.730. The lowest BCUT2D eigenvalue weighted by Crippen LogP contribution is -2.49. The highest BCUT2D eigenvalue weighted by molar-refractivity contribution is 6.31. The van der Waals surface area contributed by atoms with Crippen LogP contribution in [0.4, 0.5) is 14.9 Å². The molecule has 0 saturated carbocycles. The maximum absolute atomic E-state index is 13.7. The number of cyclic esters (lactones) is 1. The number of benzene rings is 2. The molecule has 2 aromatic carbocycles. The first-order valence-corrected chi connectivity index (χ1v) is 9.51. The molecule has 0 bridgehead atoms. The number of hydrogen-bond donors (Lipinski definition) is 2. The number of aryl methyl sites for hydroxylation is 1. The van der Waals surface area contributed by atoms with Gasteiger partial charge in [-0.25, -0.2) is 14.0 Å². The third-order valence-electron chi connectivity index (χ3n) is 4.97. The zero-order valence-electron chi connectivity index (χ0n) is 15.9. The number of nitrogens with one attached hydrogen (secondary N) is 2. The molecule has 1 atom stereocenters. The van der Waals surface area contributed by atoms with Crippen LogP contribution in [0.2, 0.25) is 5.02 Å². The summed E-state index contributed by atoms with van der Waals surface area (Å²) in [6, 6.07) is 9.80. The largest absolute Gasteiger partial charge is 0.456 e. The second kappa shape index (κ2) is 7.79. The maximum atomic E-state index is 13.7. The molecule has 0 fully saturated rings. The number of esters is 1. The molecule has 2 aliphatic rings. The molecule has 0 aliphatic carbocycles. The topological polar surface area (TPSA) is 87.7 Å². The van der Waals surface area contributed by atoms with E-state index in [1.807, 2.05) is 0 Å². The fraction of sp³-hybridized carbons (Fsp3) is 0.190. The van der Waals surface area contributed by atoms with Gasteiger partial charge >= 0.3 is 12.0 Å². The minimum absolute atomic E-state index is 0.130. The minimum atomic E-state index is -0.776. The summed E-state index contributed by atoms with van der Waals surface area (Å²) in [5.74, 6) is -1.58. The Balaban J connectivity index is 1.60. The van der Waals surface area contributed by atoms with Crippen LogP contribution in [0, 0.1) is 12.7 Å². The number of carbonyl (C=O) groups is 3. The van der Waals surface area contributed by atoms with Crippen LogP contribution in [-0.4, -0.2) is 36.0 Å². The number of anilines is 1. The summed E-state index contributed by atoms with van der Waals surface area (Å²) in [7, 11) is 0. The lowest BCUT2D eigenvalue weighted by molar-refractivity contribution is -0.136. The van der Waals surface area contributed by atoms with Gasteiger partial charge in [-0.1, -0.05) is 35.9 Å². The van der Waals surface area contributed by atoms with E-state index in [1.165, 1.54) is 12.1 Å². The smallest absolute Gasteiger partial charge is 0.338 e. The third-order valence-corrected chi connectivity index (χ3v) is 5.32. The van der Waals surface area contributed by atoms with Gasteiger partial charge in [0.15, 0.2) is 0 Å². The van der Waals surface area contributed by atoms with Crippen molar-refractivity contribution >= 4 is 35.2 Å². The van der Waals surface area contributed by atoms with Gasteiger partial charge < -0.3 is 15.4 Å². The van der Waals surface area contributed by atoms with Crippen molar-refractivity contribution in [2.24, 2.45) is 0 Å². The molecule has 9 heteroatoms. The molecule has 0 spiro atoms. The number of ether oxygens (including phenoxy) is 1. The molecule has 30 heavy (non-hydrogen) atoms. The van der Waals surface area contributed by atoms with Crippen molar-refractivity contribution in [2.75, 3.05) is 18.5 Å². The molecule has 0 saturated heterocycles. The van der Waals surface area contributed by atoms with E-state index in [1.54, 1.807) is 37.3 Å². The van der Waals surface area contributed by atoms with E-state index in [2.05, 4.69) is 10.6 Å². The van der Waals surface area contributed by atoms with Crippen LogP contribution in [0.15, 0.2) is 53.7 Å². The summed E-state index contributed by atoms with van der Waals surface area (Å²) in [4.78, 5) is 38.7. The molecule has 2 heterocycles. The number of rotatable bonds is 4. The Kier molecular flexibility index (Phi) is 5.17. The van der Waals surface area contributed by atoms with E-state index >= 15 is 0 Å². The number of halogens is 2. The van der Waals surface area contributed by atoms with Crippen molar-refractivity contribution < 1.29 is 23.5 Å². The van der Waals surface area contributed by atoms with Gasteiger partial charge in [-0.05, 0) is 36.2 Å². The van der Waals surface area contributed by atoms with Gasteiger partial charge in [-0.2, -0.15) is 0 Å². The highest BCUT2D eigenvalue weighted by atomic mass is 35.5. The number of urea groups is 1. The highest BCUT2D eigenvalue weighted by Crippen LogP contribution is 2.37. The fourth-order valence-corrected chi connectivity index (χ4v) is 3.68. The molecule has 2 aliphatic heterocycles. The van der Waals surface area contributed by atoms with E-state index in [9.17, 15) is 18.8 Å². The Morgan fingerprint density at radius 2 is 2.07 bits per heavy atom. The van der Waals surface area contributed by atoms with Gasteiger partial charge in [0.1, 0.15) is 19.0 Å². The average Bonchev–Trinajstić information content (AvgIpc) is 3.09. The fourth-order valence-electron chi connectivity index (χ4n) is 3.44. The van der Waals surface area contributed by atoms with Gasteiger partial charge in [-0.15, -0.1) is 0 Å². The molecule has 3 amide bonds. The standard InChI is InChI=1S/C21H17ClFN3O4/c1-11-6-7-12(8-15(11)23)24-17(27)9-26-16-10-30-20(28)18(16)19(25-21(26)29)13-4-2-3-5-14(13)22/h2-8,19H,9-10H2,1H3,(H,24,27)(H,25,29)/t19-/m0/s1. The summed E-state index contributed by atoms with van der Waals surface area (Å²) >= 11 is 6.24. The molecule has 2 aromatic rings. The van der Waals surface area contributed by atoms with E-state index in [0.717, 1.165) is 4.90 Å². The number of carbonyl (C=O) groups excluding carboxylic acids is 3. The number of amides is 3. The summed E-state index contributed by atoms with van der Waals surface area (Å²) in [5.41, 5.74) is 1.81. The first kappa shape index (κ1) is 19.9. The normalized spacial score (nSPS) is 18.1. The molecule has 4 rings (SSSR count). The molecule has 154 valence electrons. The maximum Gasteiger partial charge on any atom is 0.338 e. The van der Waals surface area contributed by atoms with Crippen LogP contribution >= 0.6 is 11.6 Å². The summed E-state index contributed by atoms with van der Waals surface area (Å²) in [6.07, 6.45) is 0. The summed E-state index contributed by atoms with van der Waals surface area (Å²) in [5, 5.41) is 5.66. The van der Waals surface area contributed by atoms with Crippen LogP contribution in [0.3, 0.4) is 0 Å². The second-order valence-corrected chi connectivity index (χ2v) is 7.35. The van der Waals surface area contributed by atoms with Gasteiger partial charge in [-0.3, -0.25) is 9.69 Å². The Morgan fingerprint density at radius 3 is 2.80 bits per heavy atom. The van der Waals surface area contributed by atoms with E-state index in [0.29, 0.717) is 21.8 Å². The van der Waals surface area contributed by atoms with Gasteiger partial charge in [0, 0.05) is 10.7 Å². The van der Waals surface area contributed by atoms with Crippen LogP contribution in [0.5, 0.6) is 0 Å². The Hall–Kier alpha value is -3.39. The van der Waals surface area contributed by atoms with Crippen LogP contribution in [-0.2, 0) is 14.3 Å². The van der Waals surface area contributed by atoms with Crippen molar-refractivity contribution in [3.63, 3.8) is 0 Å². The Morgan fingerprint density at radius 1 is 1.30 bits per heavy atom. The summed E-state index contributed by atoms with van der Waals surface area (Å²) in [6.45, 7) is 1.11. The summed E-state index contributed by atoms with van der Waals surface area (Å²) < 4.78 is 18.8. The van der Waals surface area contributed by atoms with E-state index < -0.39 is 29.8 Å². The predicted octanol–water partition coefficient (Wildman–Crippen LogP) is 3.30. The van der Waals surface area contributed by atoms with Gasteiger partial charge in [0.05, 0.1) is 17.3 Å². The highest BCUT2D eigenvalue weighted by Gasteiger charge is 2.43. The Bertz CT molecular complexity index is 1100. The van der Waals surface area contributed by atoms with Crippen molar-refractivity contribution in [3.05, 3.63) is 75.7 Å². The molecule has 0 aromatic heterocycles. The first-order valence-electron chi connectivity index (χ1n) is 9.14. The zero-order valence-corrected chi connectivity index (χ0v) is 16.6. The van der Waals surface area contributed by atoms with Gasteiger partial charge in [0.2, 0.25) is 5.91 Å². The van der Waals surface area contributed by atoms with Crippen molar-refractivity contribution in [1.29, 1.82) is 0 Å².